The summed E-state index contributed by atoms with van der Waals surface area (Å²) in [7, 11) is 1.59. The average molecular weight is 418 g/mol. The molecule has 0 radical (unpaired) electrons. The van der Waals surface area contributed by atoms with E-state index in [0.29, 0.717) is 42.9 Å². The van der Waals surface area contributed by atoms with Crippen LogP contribution in [-0.2, 0) is 19.4 Å². The maximum absolute atomic E-state index is 14.2. The molecular weight excluding hydrogens is 399 g/mol. The number of benzene rings is 1. The van der Waals surface area contributed by atoms with Crippen LogP contribution in [0.25, 0.3) is 0 Å². The third kappa shape index (κ3) is 3.30. The van der Waals surface area contributed by atoms with Crippen LogP contribution in [0.4, 0.5) is 10.2 Å². The number of ether oxygens (including phenoxy) is 1. The van der Waals surface area contributed by atoms with Crippen LogP contribution < -0.4 is 15.0 Å². The molecular formula is C23H19FN4O3. The Labute approximate surface area is 177 Å². The maximum atomic E-state index is 14.2. The number of methoxy groups -OCH3 is 1. The molecule has 0 bridgehead atoms. The number of hydrogen-bond donors (Lipinski definition) is 1. The average Bonchev–Trinajstić information content (AvgIpc) is 3.15. The first-order valence-electron chi connectivity index (χ1n) is 9.93. The van der Waals surface area contributed by atoms with Crippen LogP contribution in [0.5, 0.6) is 5.75 Å². The molecule has 0 saturated carbocycles. The summed E-state index contributed by atoms with van der Waals surface area (Å²) in [6, 6.07) is 8.42. The molecule has 0 fully saturated rings. The highest BCUT2D eigenvalue weighted by Gasteiger charge is 2.29. The lowest BCUT2D eigenvalue weighted by Crippen LogP contribution is -2.38. The number of nitrogens with zero attached hydrogens (tertiary/aromatic N) is 3. The highest BCUT2D eigenvalue weighted by atomic mass is 19.1. The van der Waals surface area contributed by atoms with Crippen molar-refractivity contribution in [2.24, 2.45) is 0 Å². The summed E-state index contributed by atoms with van der Waals surface area (Å²) in [5.41, 5.74) is 4.40. The number of hydrogen-bond acceptors (Lipinski definition) is 5. The van der Waals surface area contributed by atoms with Crippen molar-refractivity contribution in [3.63, 3.8) is 0 Å². The number of rotatable bonds is 4. The van der Waals surface area contributed by atoms with Crippen LogP contribution in [0.3, 0.4) is 0 Å². The first-order valence-corrected chi connectivity index (χ1v) is 9.93. The topological polar surface area (TPSA) is 84.4 Å². The molecule has 31 heavy (non-hydrogen) atoms. The number of anilines is 1. The van der Waals surface area contributed by atoms with Gasteiger partial charge in [0.25, 0.3) is 11.8 Å². The van der Waals surface area contributed by atoms with E-state index in [9.17, 15) is 14.0 Å². The zero-order chi connectivity index (χ0) is 21.5. The van der Waals surface area contributed by atoms with Crippen LogP contribution in [0.2, 0.25) is 0 Å². The SMILES string of the molecule is COc1cc2c(cc1Cc1cnc3c(c1)CNC3=O)C(=O)N(c1ncccc1F)CC2. The number of halogens is 1. The minimum atomic E-state index is -0.527. The van der Waals surface area contributed by atoms with Gasteiger partial charge in [0.15, 0.2) is 11.6 Å². The zero-order valence-electron chi connectivity index (χ0n) is 16.8. The van der Waals surface area contributed by atoms with Crippen molar-refractivity contribution in [2.45, 2.75) is 19.4 Å². The summed E-state index contributed by atoms with van der Waals surface area (Å²) in [6.07, 6.45) is 4.19. The van der Waals surface area contributed by atoms with Gasteiger partial charge < -0.3 is 10.1 Å². The number of fused-ring (bicyclic) bond motifs is 2. The molecule has 0 unspecified atom stereocenters. The molecule has 1 N–H and O–H groups in total. The van der Waals surface area contributed by atoms with Gasteiger partial charge in [0.1, 0.15) is 11.4 Å². The van der Waals surface area contributed by atoms with Crippen LogP contribution in [0, 0.1) is 5.82 Å². The van der Waals surface area contributed by atoms with Gasteiger partial charge in [0, 0.05) is 43.0 Å². The zero-order valence-corrected chi connectivity index (χ0v) is 16.8. The van der Waals surface area contributed by atoms with Gasteiger partial charge in [-0.2, -0.15) is 0 Å². The summed E-state index contributed by atoms with van der Waals surface area (Å²) < 4.78 is 19.8. The number of carbonyl (C=O) groups excluding carboxylic acids is 2. The fraction of sp³-hybridized carbons (Fsp3) is 0.217. The summed E-state index contributed by atoms with van der Waals surface area (Å²) in [6.45, 7) is 0.803. The monoisotopic (exact) mass is 418 g/mol. The molecule has 0 aliphatic carbocycles. The third-order valence-corrected chi connectivity index (χ3v) is 5.65. The van der Waals surface area contributed by atoms with Gasteiger partial charge in [0.05, 0.1) is 7.11 Å². The lowest BCUT2D eigenvalue weighted by Gasteiger charge is -2.29. The molecule has 8 heteroatoms. The number of carbonyl (C=O) groups is 2. The van der Waals surface area contributed by atoms with Gasteiger partial charge in [-0.1, -0.05) is 0 Å². The van der Waals surface area contributed by atoms with Gasteiger partial charge in [0.2, 0.25) is 0 Å². The second-order valence-electron chi connectivity index (χ2n) is 7.55. The molecule has 5 rings (SSSR count). The van der Waals surface area contributed by atoms with E-state index in [1.54, 1.807) is 19.4 Å². The first-order chi connectivity index (χ1) is 15.0. The Balaban J connectivity index is 1.50. The molecule has 4 heterocycles. The molecule has 7 nitrogen and oxygen atoms in total. The molecule has 2 aliphatic rings. The molecule has 2 aromatic heterocycles. The largest absolute Gasteiger partial charge is 0.496 e. The molecule has 156 valence electrons. The van der Waals surface area contributed by atoms with Gasteiger partial charge >= 0.3 is 0 Å². The molecule has 0 atom stereocenters. The minimum absolute atomic E-state index is 0.0375. The normalized spacial score (nSPS) is 14.8. The van der Waals surface area contributed by atoms with Crippen LogP contribution >= 0.6 is 0 Å². The van der Waals surface area contributed by atoms with Crippen LogP contribution in [0.1, 0.15) is 43.1 Å². The smallest absolute Gasteiger partial charge is 0.270 e. The van der Waals surface area contributed by atoms with E-state index in [4.69, 9.17) is 4.74 Å². The highest BCUT2D eigenvalue weighted by Crippen LogP contribution is 2.32. The quantitative estimate of drug-likeness (QED) is 0.704. The van der Waals surface area contributed by atoms with Crippen LogP contribution in [0.15, 0.2) is 42.7 Å². The molecule has 0 spiro atoms. The second-order valence-corrected chi connectivity index (χ2v) is 7.55. The summed E-state index contributed by atoms with van der Waals surface area (Å²) in [5, 5.41) is 2.76. The van der Waals surface area contributed by atoms with E-state index in [2.05, 4.69) is 15.3 Å². The Hall–Kier alpha value is -3.81. The fourth-order valence-corrected chi connectivity index (χ4v) is 4.13. The maximum Gasteiger partial charge on any atom is 0.270 e. The molecule has 0 saturated heterocycles. The van der Waals surface area contributed by atoms with Gasteiger partial charge in [-0.15, -0.1) is 0 Å². The van der Waals surface area contributed by atoms with Crippen molar-refractivity contribution in [3.05, 3.63) is 82.1 Å². The molecule has 1 aromatic carbocycles. The lowest BCUT2D eigenvalue weighted by molar-refractivity contribution is 0.0958. The van der Waals surface area contributed by atoms with Crippen molar-refractivity contribution in [1.82, 2.24) is 15.3 Å². The number of nitrogens with one attached hydrogen (secondary N) is 1. The Morgan fingerprint density at radius 2 is 2.06 bits per heavy atom. The van der Waals surface area contributed by atoms with E-state index >= 15 is 0 Å². The van der Waals surface area contributed by atoms with E-state index in [0.717, 1.165) is 22.3 Å². The first kappa shape index (κ1) is 19.2. The summed E-state index contributed by atoms with van der Waals surface area (Å²) in [4.78, 5) is 34.6. The minimum Gasteiger partial charge on any atom is -0.496 e. The van der Waals surface area contributed by atoms with E-state index in [-0.39, 0.29) is 17.6 Å². The Bertz CT molecular complexity index is 1230. The predicted molar refractivity (Wildman–Crippen MR) is 111 cm³/mol. The van der Waals surface area contributed by atoms with E-state index < -0.39 is 5.82 Å². The van der Waals surface area contributed by atoms with E-state index in [1.807, 2.05) is 12.1 Å². The summed E-state index contributed by atoms with van der Waals surface area (Å²) in [5.74, 6) is -0.264. The second kappa shape index (κ2) is 7.46. The predicted octanol–water partition coefficient (Wildman–Crippen LogP) is 2.66. The standard InChI is InChI=1S/C23H19FN4O3/c1-31-19-10-14-4-6-28(21-18(24)3-2-5-25-21)23(30)17(14)9-15(19)7-13-8-16-12-27-22(29)20(16)26-11-13/h2-3,5,8-11H,4,6-7,12H2,1H3,(H,27,29). The molecule has 2 amide bonds. The van der Waals surface area contributed by atoms with Crippen molar-refractivity contribution >= 4 is 17.6 Å². The lowest BCUT2D eigenvalue weighted by atomic mass is 9.93. The summed E-state index contributed by atoms with van der Waals surface area (Å²) >= 11 is 0. The Morgan fingerprint density at radius 1 is 1.19 bits per heavy atom. The number of amides is 2. The van der Waals surface area contributed by atoms with Crippen molar-refractivity contribution < 1.29 is 18.7 Å². The molecule has 3 aromatic rings. The van der Waals surface area contributed by atoms with Gasteiger partial charge in [-0.05, 0) is 53.4 Å². The van der Waals surface area contributed by atoms with Gasteiger partial charge in [-0.25, -0.2) is 9.37 Å². The Kier molecular flexibility index (Phi) is 4.62. The number of aromatic nitrogens is 2. The fourth-order valence-electron chi connectivity index (χ4n) is 4.13. The van der Waals surface area contributed by atoms with Gasteiger partial charge in [-0.3, -0.25) is 19.5 Å². The van der Waals surface area contributed by atoms with Crippen molar-refractivity contribution in [2.75, 3.05) is 18.6 Å². The number of pyridine rings is 2. The van der Waals surface area contributed by atoms with E-state index in [1.165, 1.54) is 23.2 Å². The van der Waals surface area contributed by atoms with Crippen LogP contribution in [-0.4, -0.2) is 35.4 Å². The van der Waals surface area contributed by atoms with Crippen molar-refractivity contribution in [1.29, 1.82) is 0 Å². The van der Waals surface area contributed by atoms with Crippen molar-refractivity contribution in [3.8, 4) is 5.75 Å². The highest BCUT2D eigenvalue weighted by molar-refractivity contribution is 6.08. The Morgan fingerprint density at radius 3 is 2.87 bits per heavy atom. The molecule has 2 aliphatic heterocycles. The third-order valence-electron chi connectivity index (χ3n) is 5.65.